The van der Waals surface area contributed by atoms with Gasteiger partial charge in [-0.05, 0) is 7.05 Å². The first kappa shape index (κ1) is 11.6. The lowest BCUT2D eigenvalue weighted by atomic mass is 10.5. The Hall–Kier alpha value is -0.370. The van der Waals surface area contributed by atoms with Gasteiger partial charge in [-0.25, -0.2) is 4.57 Å². The lowest BCUT2D eigenvalue weighted by molar-refractivity contribution is 0.177. The first-order valence-corrected chi connectivity index (χ1v) is 4.81. The van der Waals surface area contributed by atoms with E-state index in [0.717, 1.165) is 0 Å². The Labute approximate surface area is 71.6 Å². The number of hydrogen-bond acceptors (Lipinski definition) is 3. The van der Waals surface area contributed by atoms with Crippen LogP contribution in [0, 0.1) is 12.3 Å². The molecular formula is C6H12NO4P. The van der Waals surface area contributed by atoms with Crippen molar-refractivity contribution in [2.75, 3.05) is 26.7 Å². The monoisotopic (exact) mass is 193 g/mol. The van der Waals surface area contributed by atoms with E-state index in [1.54, 1.807) is 11.9 Å². The molecule has 5 nitrogen and oxygen atoms in total. The summed E-state index contributed by atoms with van der Waals surface area (Å²) in [6, 6.07) is 0. The van der Waals surface area contributed by atoms with Gasteiger partial charge in [0.1, 0.15) is 0 Å². The van der Waals surface area contributed by atoms with Crippen molar-refractivity contribution < 1.29 is 18.9 Å². The molecule has 2 N–H and O–H groups in total. The SMILES string of the molecule is C#CCN(C)CCOP(=O)(O)O. The van der Waals surface area contributed by atoms with E-state index in [-0.39, 0.29) is 6.61 Å². The highest BCUT2D eigenvalue weighted by Crippen LogP contribution is 2.35. The van der Waals surface area contributed by atoms with E-state index in [9.17, 15) is 4.57 Å². The second-order valence-corrected chi connectivity index (χ2v) is 3.51. The van der Waals surface area contributed by atoms with Gasteiger partial charge < -0.3 is 9.79 Å². The maximum absolute atomic E-state index is 10.2. The number of nitrogens with zero attached hydrogens (tertiary/aromatic N) is 1. The third-order valence-electron chi connectivity index (χ3n) is 1.09. The molecule has 6 heteroatoms. The van der Waals surface area contributed by atoms with Gasteiger partial charge in [-0.15, -0.1) is 6.42 Å². The Balaban J connectivity index is 3.45. The molecule has 0 atom stereocenters. The summed E-state index contributed by atoms with van der Waals surface area (Å²) >= 11 is 0. The zero-order valence-electron chi connectivity index (χ0n) is 6.80. The fourth-order valence-corrected chi connectivity index (χ4v) is 0.870. The minimum atomic E-state index is -4.32. The molecule has 0 spiro atoms. The highest BCUT2D eigenvalue weighted by atomic mass is 31.2. The number of phosphoric ester groups is 1. The van der Waals surface area contributed by atoms with Gasteiger partial charge in [-0.2, -0.15) is 0 Å². The van der Waals surface area contributed by atoms with Crippen molar-refractivity contribution >= 4 is 7.82 Å². The number of hydrogen-bond donors (Lipinski definition) is 2. The van der Waals surface area contributed by atoms with Crippen LogP contribution in [0.2, 0.25) is 0 Å². The first-order chi connectivity index (χ1) is 5.45. The van der Waals surface area contributed by atoms with Crippen LogP contribution < -0.4 is 0 Å². The maximum atomic E-state index is 10.2. The Kier molecular flexibility index (Phi) is 5.14. The third-order valence-corrected chi connectivity index (χ3v) is 1.61. The van der Waals surface area contributed by atoms with Crippen LogP contribution in [0.4, 0.5) is 0 Å². The number of rotatable bonds is 5. The molecule has 0 aliphatic rings. The largest absolute Gasteiger partial charge is 0.469 e. The molecule has 0 bridgehead atoms. The third kappa shape index (κ3) is 7.73. The van der Waals surface area contributed by atoms with Crippen molar-refractivity contribution in [3.05, 3.63) is 0 Å². The summed E-state index contributed by atoms with van der Waals surface area (Å²) < 4.78 is 14.4. The minimum absolute atomic E-state index is 0.0253. The molecule has 0 aliphatic carbocycles. The number of terminal acetylenes is 1. The van der Waals surface area contributed by atoms with E-state index in [4.69, 9.17) is 16.2 Å². The Morgan fingerprint density at radius 3 is 2.67 bits per heavy atom. The quantitative estimate of drug-likeness (QED) is 0.461. The van der Waals surface area contributed by atoms with Crippen molar-refractivity contribution in [2.24, 2.45) is 0 Å². The predicted octanol–water partition coefficient (Wildman–Crippen LogP) is -0.339. The van der Waals surface area contributed by atoms with Crippen LogP contribution in [0.25, 0.3) is 0 Å². The average Bonchev–Trinajstić information content (AvgIpc) is 1.84. The van der Waals surface area contributed by atoms with E-state index in [0.29, 0.717) is 13.1 Å². The second kappa shape index (κ2) is 5.31. The van der Waals surface area contributed by atoms with Crippen LogP contribution in [0.3, 0.4) is 0 Å². The summed E-state index contributed by atoms with van der Waals surface area (Å²) in [6.45, 7) is 0.808. The molecular weight excluding hydrogens is 181 g/mol. The number of phosphoric acid groups is 1. The molecule has 12 heavy (non-hydrogen) atoms. The minimum Gasteiger partial charge on any atom is -0.303 e. The maximum Gasteiger partial charge on any atom is 0.469 e. The summed E-state index contributed by atoms with van der Waals surface area (Å²) in [7, 11) is -2.58. The molecule has 0 aliphatic heterocycles. The van der Waals surface area contributed by atoms with Gasteiger partial charge in [0.05, 0.1) is 13.2 Å². The van der Waals surface area contributed by atoms with Crippen LogP contribution in [0.5, 0.6) is 0 Å². The van der Waals surface area contributed by atoms with Crippen molar-refractivity contribution in [1.29, 1.82) is 0 Å². The fraction of sp³-hybridized carbons (Fsp3) is 0.667. The molecule has 70 valence electrons. The van der Waals surface area contributed by atoms with Crippen molar-refractivity contribution in [3.63, 3.8) is 0 Å². The van der Waals surface area contributed by atoms with E-state index < -0.39 is 7.82 Å². The van der Waals surface area contributed by atoms with Crippen LogP contribution in [-0.4, -0.2) is 41.4 Å². The van der Waals surface area contributed by atoms with Crippen LogP contribution in [-0.2, 0) is 9.09 Å². The van der Waals surface area contributed by atoms with E-state index in [1.807, 2.05) is 0 Å². The summed E-state index contributed by atoms with van der Waals surface area (Å²) in [5, 5.41) is 0. The van der Waals surface area contributed by atoms with Gasteiger partial charge >= 0.3 is 7.82 Å². The molecule has 0 saturated heterocycles. The van der Waals surface area contributed by atoms with E-state index in [2.05, 4.69) is 10.4 Å². The summed E-state index contributed by atoms with van der Waals surface area (Å²) in [4.78, 5) is 18.3. The fourth-order valence-electron chi connectivity index (χ4n) is 0.550. The lowest BCUT2D eigenvalue weighted by Gasteiger charge is -2.12. The topological polar surface area (TPSA) is 70.0 Å². The summed E-state index contributed by atoms with van der Waals surface area (Å²) in [5.41, 5.74) is 0. The molecule has 0 fully saturated rings. The molecule has 0 rings (SSSR count). The van der Waals surface area contributed by atoms with Crippen molar-refractivity contribution in [2.45, 2.75) is 0 Å². The van der Waals surface area contributed by atoms with Crippen molar-refractivity contribution in [3.8, 4) is 12.3 Å². The molecule has 0 aromatic rings. The van der Waals surface area contributed by atoms with Gasteiger partial charge in [0.15, 0.2) is 0 Å². The molecule has 0 aromatic heterocycles. The standard InChI is InChI=1S/C6H12NO4P/c1-3-4-7(2)5-6-11-12(8,9)10/h1H,4-6H2,2H3,(H2,8,9,10). The highest BCUT2D eigenvalue weighted by Gasteiger charge is 2.12. The molecule has 0 radical (unpaired) electrons. The van der Waals surface area contributed by atoms with Crippen LogP contribution >= 0.6 is 7.82 Å². The lowest BCUT2D eigenvalue weighted by Crippen LogP contribution is -2.22. The van der Waals surface area contributed by atoms with Gasteiger partial charge in [0, 0.05) is 6.54 Å². The van der Waals surface area contributed by atoms with Crippen LogP contribution in [0.1, 0.15) is 0 Å². The highest BCUT2D eigenvalue weighted by molar-refractivity contribution is 7.46. The molecule has 0 unspecified atom stereocenters. The molecule has 0 heterocycles. The van der Waals surface area contributed by atoms with Gasteiger partial charge in [0.25, 0.3) is 0 Å². The first-order valence-electron chi connectivity index (χ1n) is 3.28. The smallest absolute Gasteiger partial charge is 0.303 e. The Bertz CT molecular complexity index is 206. The predicted molar refractivity (Wildman–Crippen MR) is 44.3 cm³/mol. The Morgan fingerprint density at radius 2 is 2.25 bits per heavy atom. The normalized spacial score (nSPS) is 11.6. The second-order valence-electron chi connectivity index (χ2n) is 2.27. The number of likely N-dealkylation sites (N-methyl/N-ethyl adjacent to an activating group) is 1. The van der Waals surface area contributed by atoms with Gasteiger partial charge in [-0.1, -0.05) is 5.92 Å². The molecule has 0 amide bonds. The van der Waals surface area contributed by atoms with Crippen LogP contribution in [0.15, 0.2) is 0 Å². The average molecular weight is 193 g/mol. The van der Waals surface area contributed by atoms with Crippen molar-refractivity contribution in [1.82, 2.24) is 4.90 Å². The van der Waals surface area contributed by atoms with E-state index >= 15 is 0 Å². The molecule has 0 saturated carbocycles. The summed E-state index contributed by atoms with van der Waals surface area (Å²) in [6.07, 6.45) is 5.00. The zero-order chi connectivity index (χ0) is 9.61. The van der Waals surface area contributed by atoms with E-state index in [1.165, 1.54) is 0 Å². The molecule has 0 aromatic carbocycles. The zero-order valence-corrected chi connectivity index (χ0v) is 7.70. The van der Waals surface area contributed by atoms with Gasteiger partial charge in [0.2, 0.25) is 0 Å². The Morgan fingerprint density at radius 1 is 1.67 bits per heavy atom. The summed E-state index contributed by atoms with van der Waals surface area (Å²) in [5.74, 6) is 2.39. The van der Waals surface area contributed by atoms with Gasteiger partial charge in [-0.3, -0.25) is 9.42 Å².